The van der Waals surface area contributed by atoms with Crippen molar-refractivity contribution >= 4 is 0 Å². The second-order valence-electron chi connectivity index (χ2n) is 9.13. The summed E-state index contributed by atoms with van der Waals surface area (Å²) in [6.07, 6.45) is 19.2. The van der Waals surface area contributed by atoms with E-state index in [0.29, 0.717) is 0 Å². The van der Waals surface area contributed by atoms with Crippen LogP contribution in [0.3, 0.4) is 0 Å². The molecule has 8 unspecified atom stereocenters. The van der Waals surface area contributed by atoms with Gasteiger partial charge >= 0.3 is 0 Å². The predicted octanol–water partition coefficient (Wildman–Crippen LogP) is 5.67. The fourth-order valence-corrected chi connectivity index (χ4v) is 8.12. The SMILES string of the molecule is C1CCC2C(C1)CC1C2CCC2CC3CCCCC3C21. The zero-order valence-electron chi connectivity index (χ0n) is 13.1. The lowest BCUT2D eigenvalue weighted by Gasteiger charge is -2.42. The van der Waals surface area contributed by atoms with Crippen molar-refractivity contribution in [2.45, 2.75) is 77.0 Å². The third-order valence-corrected chi connectivity index (χ3v) is 8.62. The van der Waals surface area contributed by atoms with Crippen LogP contribution in [0.5, 0.6) is 0 Å². The van der Waals surface area contributed by atoms with E-state index in [4.69, 9.17) is 0 Å². The Bertz CT molecular complexity index is 372. The van der Waals surface area contributed by atoms with Crippen LogP contribution in [-0.2, 0) is 0 Å². The molecule has 0 bridgehead atoms. The smallest absolute Gasteiger partial charge is 0.0323 e. The molecule has 0 N–H and O–H groups in total. The number of hydrogen-bond donors (Lipinski definition) is 0. The molecule has 0 aromatic carbocycles. The normalized spacial score (nSPS) is 57.6. The third kappa shape index (κ3) is 1.72. The van der Waals surface area contributed by atoms with Gasteiger partial charge in [0.2, 0.25) is 0 Å². The summed E-state index contributed by atoms with van der Waals surface area (Å²) in [6.45, 7) is 0. The van der Waals surface area contributed by atoms with Crippen LogP contribution in [0.1, 0.15) is 77.0 Å². The van der Waals surface area contributed by atoms with Crippen molar-refractivity contribution in [3.05, 3.63) is 0 Å². The quantitative estimate of drug-likeness (QED) is 0.533. The molecule has 0 heterocycles. The summed E-state index contributed by atoms with van der Waals surface area (Å²) in [6, 6.07) is 0. The average molecular weight is 272 g/mol. The van der Waals surface area contributed by atoms with Crippen LogP contribution < -0.4 is 0 Å². The molecule has 0 radical (unpaired) electrons. The van der Waals surface area contributed by atoms with Gasteiger partial charge in [-0.1, -0.05) is 38.5 Å². The van der Waals surface area contributed by atoms with E-state index in [0.717, 1.165) is 0 Å². The van der Waals surface area contributed by atoms with Gasteiger partial charge in [0, 0.05) is 0 Å². The van der Waals surface area contributed by atoms with Gasteiger partial charge in [0.05, 0.1) is 0 Å². The summed E-state index contributed by atoms with van der Waals surface area (Å²) in [7, 11) is 0. The molecule has 5 aliphatic rings. The highest BCUT2D eigenvalue weighted by atomic mass is 14.6. The molecule has 0 aromatic rings. The van der Waals surface area contributed by atoms with E-state index in [1.54, 1.807) is 77.0 Å². The van der Waals surface area contributed by atoms with Gasteiger partial charge in [-0.05, 0) is 85.9 Å². The minimum Gasteiger partial charge on any atom is -0.0530 e. The van der Waals surface area contributed by atoms with Crippen LogP contribution >= 0.6 is 0 Å². The van der Waals surface area contributed by atoms with E-state index in [-0.39, 0.29) is 0 Å². The Labute approximate surface area is 125 Å². The topological polar surface area (TPSA) is 0 Å². The van der Waals surface area contributed by atoms with Gasteiger partial charge in [0.1, 0.15) is 0 Å². The molecule has 0 saturated heterocycles. The van der Waals surface area contributed by atoms with Crippen LogP contribution in [0, 0.1) is 47.3 Å². The van der Waals surface area contributed by atoms with Crippen LogP contribution in [-0.4, -0.2) is 0 Å². The molecule has 0 aliphatic heterocycles. The zero-order valence-corrected chi connectivity index (χ0v) is 13.1. The second kappa shape index (κ2) is 4.75. The Morgan fingerprint density at radius 3 is 1.95 bits per heavy atom. The Balaban J connectivity index is 1.43. The molecule has 8 atom stereocenters. The molecule has 0 amide bonds. The van der Waals surface area contributed by atoms with Gasteiger partial charge in [-0.3, -0.25) is 0 Å². The van der Waals surface area contributed by atoms with E-state index in [1.807, 2.05) is 0 Å². The molecule has 5 aliphatic carbocycles. The molecule has 0 heteroatoms. The summed E-state index contributed by atoms with van der Waals surface area (Å²) in [4.78, 5) is 0. The van der Waals surface area contributed by atoms with Crippen molar-refractivity contribution in [2.24, 2.45) is 47.3 Å². The van der Waals surface area contributed by atoms with Crippen molar-refractivity contribution in [3.63, 3.8) is 0 Å². The average Bonchev–Trinajstić information content (AvgIpc) is 3.04. The second-order valence-corrected chi connectivity index (χ2v) is 9.13. The van der Waals surface area contributed by atoms with Crippen LogP contribution in [0.15, 0.2) is 0 Å². The van der Waals surface area contributed by atoms with Crippen molar-refractivity contribution in [3.8, 4) is 0 Å². The fourth-order valence-electron chi connectivity index (χ4n) is 8.12. The van der Waals surface area contributed by atoms with E-state index in [2.05, 4.69) is 0 Å². The van der Waals surface area contributed by atoms with Gasteiger partial charge in [-0.2, -0.15) is 0 Å². The molecule has 0 spiro atoms. The lowest BCUT2D eigenvalue weighted by atomic mass is 9.63. The molecule has 5 fully saturated rings. The summed E-state index contributed by atoms with van der Waals surface area (Å²) in [5.41, 5.74) is 0. The van der Waals surface area contributed by atoms with Gasteiger partial charge in [0.15, 0.2) is 0 Å². The highest BCUT2D eigenvalue weighted by Gasteiger charge is 2.56. The largest absolute Gasteiger partial charge is 0.0530 e. The van der Waals surface area contributed by atoms with Gasteiger partial charge < -0.3 is 0 Å². The maximum absolute atomic E-state index is 1.67. The molecule has 112 valence electrons. The Morgan fingerprint density at radius 2 is 1.10 bits per heavy atom. The highest BCUT2D eigenvalue weighted by molar-refractivity contribution is 5.05. The summed E-state index contributed by atoms with van der Waals surface area (Å²) in [5.74, 6) is 9.44. The molecular formula is C20H32. The molecule has 0 aromatic heterocycles. The lowest BCUT2D eigenvalue weighted by Crippen LogP contribution is -2.35. The van der Waals surface area contributed by atoms with E-state index >= 15 is 0 Å². The Morgan fingerprint density at radius 1 is 0.400 bits per heavy atom. The van der Waals surface area contributed by atoms with Crippen molar-refractivity contribution in [2.75, 3.05) is 0 Å². The van der Waals surface area contributed by atoms with E-state index in [1.165, 1.54) is 47.3 Å². The maximum Gasteiger partial charge on any atom is -0.0323 e. The van der Waals surface area contributed by atoms with Crippen molar-refractivity contribution in [1.29, 1.82) is 0 Å². The molecule has 5 saturated carbocycles. The van der Waals surface area contributed by atoms with Gasteiger partial charge in [0.25, 0.3) is 0 Å². The van der Waals surface area contributed by atoms with Gasteiger partial charge in [-0.25, -0.2) is 0 Å². The molecular weight excluding hydrogens is 240 g/mol. The molecule has 0 nitrogen and oxygen atoms in total. The molecule has 5 rings (SSSR count). The first-order valence-electron chi connectivity index (χ1n) is 9.92. The van der Waals surface area contributed by atoms with E-state index < -0.39 is 0 Å². The monoisotopic (exact) mass is 272 g/mol. The Kier molecular flexibility index (Phi) is 2.98. The van der Waals surface area contributed by atoms with Crippen LogP contribution in [0.4, 0.5) is 0 Å². The first kappa shape index (κ1) is 12.5. The lowest BCUT2D eigenvalue weighted by molar-refractivity contribution is 0.0685. The Hall–Kier alpha value is 0. The zero-order chi connectivity index (χ0) is 13.1. The number of hydrogen-bond acceptors (Lipinski definition) is 0. The van der Waals surface area contributed by atoms with Gasteiger partial charge in [-0.15, -0.1) is 0 Å². The maximum atomic E-state index is 1.67. The first-order chi connectivity index (χ1) is 9.92. The summed E-state index contributed by atoms with van der Waals surface area (Å²) >= 11 is 0. The molecule has 20 heavy (non-hydrogen) atoms. The minimum absolute atomic E-state index is 1.17. The minimum atomic E-state index is 1.17. The third-order valence-electron chi connectivity index (χ3n) is 8.62. The highest BCUT2D eigenvalue weighted by Crippen LogP contribution is 2.64. The van der Waals surface area contributed by atoms with Crippen molar-refractivity contribution < 1.29 is 0 Å². The summed E-state index contributed by atoms with van der Waals surface area (Å²) in [5, 5.41) is 0. The van der Waals surface area contributed by atoms with Crippen molar-refractivity contribution in [1.82, 2.24) is 0 Å². The van der Waals surface area contributed by atoms with E-state index in [9.17, 15) is 0 Å². The van der Waals surface area contributed by atoms with Crippen LogP contribution in [0.2, 0.25) is 0 Å². The standard InChI is InChI=1S/C20H32/c1-3-7-16-14(6-1)12-19-18(16)10-9-15-11-13-5-2-4-8-17(13)20(15)19/h13-20H,1-12H2. The summed E-state index contributed by atoms with van der Waals surface area (Å²) < 4.78 is 0. The predicted molar refractivity (Wildman–Crippen MR) is 83.3 cm³/mol. The van der Waals surface area contributed by atoms with Crippen LogP contribution in [0.25, 0.3) is 0 Å². The number of fused-ring (bicyclic) bond motifs is 7. The number of rotatable bonds is 0. The first-order valence-corrected chi connectivity index (χ1v) is 9.92. The fraction of sp³-hybridized carbons (Fsp3) is 1.00.